The number of halogens is 5. The summed E-state index contributed by atoms with van der Waals surface area (Å²) in [7, 11) is 0. The molecule has 0 radical (unpaired) electrons. The van der Waals surface area contributed by atoms with Gasteiger partial charge in [-0.25, -0.2) is 4.39 Å². The van der Waals surface area contributed by atoms with Crippen LogP contribution in [0.2, 0.25) is 5.02 Å². The number of thioether (sulfide) groups is 1. The molecule has 0 aliphatic carbocycles. The Labute approximate surface area is 87.2 Å². The highest BCUT2D eigenvalue weighted by atomic mass is 35.5. The van der Waals surface area contributed by atoms with Crippen LogP contribution in [0.3, 0.4) is 0 Å². The van der Waals surface area contributed by atoms with E-state index in [1.54, 1.807) is 0 Å². The summed E-state index contributed by atoms with van der Waals surface area (Å²) in [5.41, 5.74) is -4.15. The van der Waals surface area contributed by atoms with Crippen molar-refractivity contribution in [3.05, 3.63) is 28.5 Å². The number of rotatable bonds is 1. The Morgan fingerprint density at radius 2 is 1.86 bits per heavy atom. The Balaban J connectivity index is 3.13. The predicted octanol–water partition coefficient (Wildman–Crippen LogP) is 4.40. The molecule has 1 aromatic carbocycles. The van der Waals surface area contributed by atoms with Gasteiger partial charge in [0.2, 0.25) is 0 Å². The lowest BCUT2D eigenvalue weighted by Gasteiger charge is -2.10. The van der Waals surface area contributed by atoms with Crippen LogP contribution in [-0.2, 0) is 0 Å². The maximum absolute atomic E-state index is 12.8. The lowest BCUT2D eigenvalue weighted by molar-refractivity contribution is -0.0328. The zero-order valence-electron chi connectivity index (χ0n) is 6.95. The van der Waals surface area contributed by atoms with Gasteiger partial charge >= 0.3 is 5.51 Å². The first-order chi connectivity index (χ1) is 6.31. The molecule has 0 atom stereocenters. The van der Waals surface area contributed by atoms with Crippen LogP contribution in [0.25, 0.3) is 0 Å². The third-order valence-corrected chi connectivity index (χ3v) is 2.91. The van der Waals surface area contributed by atoms with Gasteiger partial charge in [0, 0.05) is 4.90 Å². The first kappa shape index (κ1) is 11.7. The van der Waals surface area contributed by atoms with Crippen LogP contribution in [0.4, 0.5) is 17.6 Å². The Kier molecular flexibility index (Phi) is 3.32. The third-order valence-electron chi connectivity index (χ3n) is 1.46. The smallest absolute Gasteiger partial charge is 0.205 e. The van der Waals surface area contributed by atoms with Crippen LogP contribution in [0.15, 0.2) is 17.0 Å². The largest absolute Gasteiger partial charge is 0.446 e. The molecule has 0 aliphatic heterocycles. The standard InChI is InChI=1S/C8H5ClF4S/c1-4-2-3-5(10)6(9)7(4)14-8(11,12)13/h2-3H,1H3. The average molecular weight is 245 g/mol. The topological polar surface area (TPSA) is 0 Å². The van der Waals surface area contributed by atoms with Crippen molar-refractivity contribution in [2.75, 3.05) is 0 Å². The number of hydrogen-bond donors (Lipinski definition) is 0. The molecule has 0 saturated heterocycles. The molecule has 0 unspecified atom stereocenters. The third kappa shape index (κ3) is 2.78. The van der Waals surface area contributed by atoms with Gasteiger partial charge in [-0.1, -0.05) is 17.7 Å². The van der Waals surface area contributed by atoms with Gasteiger partial charge in [0.15, 0.2) is 0 Å². The highest BCUT2D eigenvalue weighted by Crippen LogP contribution is 2.42. The monoisotopic (exact) mass is 244 g/mol. The van der Waals surface area contributed by atoms with E-state index in [-0.39, 0.29) is 4.90 Å². The van der Waals surface area contributed by atoms with Crippen LogP contribution in [0, 0.1) is 12.7 Å². The first-order valence-electron chi connectivity index (χ1n) is 3.51. The van der Waals surface area contributed by atoms with Crippen LogP contribution in [-0.4, -0.2) is 5.51 Å². The SMILES string of the molecule is Cc1ccc(F)c(Cl)c1SC(F)(F)F. The number of alkyl halides is 3. The normalized spacial score (nSPS) is 11.9. The van der Waals surface area contributed by atoms with E-state index >= 15 is 0 Å². The van der Waals surface area contributed by atoms with Crippen LogP contribution in [0.5, 0.6) is 0 Å². The predicted molar refractivity (Wildman–Crippen MR) is 48.1 cm³/mol. The molecular weight excluding hydrogens is 240 g/mol. The molecule has 0 fully saturated rings. The lowest BCUT2D eigenvalue weighted by atomic mass is 10.2. The van der Waals surface area contributed by atoms with E-state index in [1.807, 2.05) is 0 Å². The van der Waals surface area contributed by atoms with Gasteiger partial charge in [-0.15, -0.1) is 0 Å². The van der Waals surface area contributed by atoms with Crippen LogP contribution in [0.1, 0.15) is 5.56 Å². The molecule has 0 bridgehead atoms. The molecule has 14 heavy (non-hydrogen) atoms. The first-order valence-corrected chi connectivity index (χ1v) is 4.71. The molecule has 0 heterocycles. The summed E-state index contributed by atoms with van der Waals surface area (Å²) in [6.07, 6.45) is 0. The number of hydrogen-bond acceptors (Lipinski definition) is 1. The minimum Gasteiger partial charge on any atom is -0.205 e. The van der Waals surface area contributed by atoms with Crippen molar-refractivity contribution in [1.29, 1.82) is 0 Å². The summed E-state index contributed by atoms with van der Waals surface area (Å²) in [5, 5.41) is -0.479. The van der Waals surface area contributed by atoms with Crippen molar-refractivity contribution in [2.45, 2.75) is 17.3 Å². The summed E-state index contributed by atoms with van der Waals surface area (Å²) in [6.45, 7) is 1.44. The van der Waals surface area contributed by atoms with E-state index in [2.05, 4.69) is 0 Å². The van der Waals surface area contributed by atoms with E-state index in [9.17, 15) is 17.6 Å². The Bertz CT molecular complexity index is 348. The van der Waals surface area contributed by atoms with E-state index in [4.69, 9.17) is 11.6 Å². The van der Waals surface area contributed by atoms with Gasteiger partial charge in [-0.2, -0.15) is 13.2 Å². The Hall–Kier alpha value is -0.420. The molecule has 0 spiro atoms. The molecule has 78 valence electrons. The number of benzene rings is 1. The molecule has 0 N–H and O–H groups in total. The van der Waals surface area contributed by atoms with Crippen LogP contribution < -0.4 is 0 Å². The Morgan fingerprint density at radius 1 is 1.29 bits per heavy atom. The summed E-state index contributed by atoms with van der Waals surface area (Å²) in [6, 6.07) is 2.30. The van der Waals surface area contributed by atoms with Gasteiger partial charge in [-0.05, 0) is 30.3 Å². The highest BCUT2D eigenvalue weighted by molar-refractivity contribution is 8.00. The van der Waals surface area contributed by atoms with Crippen molar-refractivity contribution in [1.82, 2.24) is 0 Å². The minimum absolute atomic E-state index is 0.279. The van der Waals surface area contributed by atoms with Crippen molar-refractivity contribution in [3.8, 4) is 0 Å². The average Bonchev–Trinajstić information content (AvgIpc) is 2.04. The minimum atomic E-state index is -4.46. The zero-order chi connectivity index (χ0) is 10.9. The van der Waals surface area contributed by atoms with Crippen LogP contribution >= 0.6 is 23.4 Å². The molecule has 6 heteroatoms. The molecule has 0 saturated carbocycles. The summed E-state index contributed by atoms with van der Waals surface area (Å²) in [4.78, 5) is -0.279. The second kappa shape index (κ2) is 3.98. The van der Waals surface area contributed by atoms with Crippen molar-refractivity contribution in [2.24, 2.45) is 0 Å². The van der Waals surface area contributed by atoms with E-state index in [0.29, 0.717) is 5.56 Å². The van der Waals surface area contributed by atoms with Crippen molar-refractivity contribution >= 4 is 23.4 Å². The molecule has 0 nitrogen and oxygen atoms in total. The van der Waals surface area contributed by atoms with Gasteiger partial charge in [-0.3, -0.25) is 0 Å². The van der Waals surface area contributed by atoms with Crippen molar-refractivity contribution in [3.63, 3.8) is 0 Å². The molecule has 1 rings (SSSR count). The molecular formula is C8H5ClF4S. The molecule has 0 aromatic heterocycles. The maximum Gasteiger partial charge on any atom is 0.446 e. The summed E-state index contributed by atoms with van der Waals surface area (Å²) >= 11 is 5.00. The summed E-state index contributed by atoms with van der Waals surface area (Å²) in [5.74, 6) is -0.844. The molecule has 0 aliphatic rings. The summed E-state index contributed by atoms with van der Waals surface area (Å²) < 4.78 is 48.9. The van der Waals surface area contributed by atoms with E-state index in [1.165, 1.54) is 13.0 Å². The lowest BCUT2D eigenvalue weighted by Crippen LogP contribution is -2.01. The second-order valence-electron chi connectivity index (χ2n) is 2.56. The van der Waals surface area contributed by atoms with E-state index in [0.717, 1.165) is 6.07 Å². The highest BCUT2D eigenvalue weighted by Gasteiger charge is 2.31. The zero-order valence-corrected chi connectivity index (χ0v) is 8.53. The fourth-order valence-corrected chi connectivity index (χ4v) is 1.84. The van der Waals surface area contributed by atoms with Gasteiger partial charge < -0.3 is 0 Å². The Morgan fingerprint density at radius 3 is 2.36 bits per heavy atom. The fourth-order valence-electron chi connectivity index (χ4n) is 0.870. The molecule has 0 amide bonds. The fraction of sp³-hybridized carbons (Fsp3) is 0.250. The molecule has 1 aromatic rings. The van der Waals surface area contributed by atoms with Gasteiger partial charge in [0.1, 0.15) is 5.82 Å². The number of aryl methyl sites for hydroxylation is 1. The maximum atomic E-state index is 12.8. The quantitative estimate of drug-likeness (QED) is 0.521. The van der Waals surface area contributed by atoms with E-state index < -0.39 is 28.1 Å². The van der Waals surface area contributed by atoms with Gasteiger partial charge in [0.25, 0.3) is 0 Å². The second-order valence-corrected chi connectivity index (χ2v) is 4.01. The van der Waals surface area contributed by atoms with Crippen molar-refractivity contribution < 1.29 is 17.6 Å². The van der Waals surface area contributed by atoms with Gasteiger partial charge in [0.05, 0.1) is 5.02 Å².